The summed E-state index contributed by atoms with van der Waals surface area (Å²) in [5.41, 5.74) is 0.487. The first-order valence-corrected chi connectivity index (χ1v) is 5.68. The zero-order chi connectivity index (χ0) is 11.4. The fourth-order valence-electron chi connectivity index (χ4n) is 1.75. The molecule has 0 aliphatic carbocycles. The minimum atomic E-state index is -0.719. The number of hydrogen-bond acceptors (Lipinski definition) is 3. The van der Waals surface area contributed by atoms with Crippen LogP contribution in [0, 0.1) is 6.92 Å². The van der Waals surface area contributed by atoms with Crippen molar-refractivity contribution in [1.82, 2.24) is 0 Å². The Labute approximate surface area is 96.0 Å². The second-order valence-electron chi connectivity index (χ2n) is 4.44. The van der Waals surface area contributed by atoms with E-state index in [4.69, 9.17) is 9.47 Å². The van der Waals surface area contributed by atoms with Crippen LogP contribution in [0.1, 0.15) is 18.4 Å². The van der Waals surface area contributed by atoms with E-state index < -0.39 is 5.60 Å². The number of benzene rings is 1. The van der Waals surface area contributed by atoms with Gasteiger partial charge in [0.15, 0.2) is 0 Å². The lowest BCUT2D eigenvalue weighted by Gasteiger charge is -2.31. The van der Waals surface area contributed by atoms with Gasteiger partial charge < -0.3 is 14.6 Å². The summed E-state index contributed by atoms with van der Waals surface area (Å²) in [6.45, 7) is 3.62. The highest BCUT2D eigenvalue weighted by atomic mass is 16.5. The third-order valence-electron chi connectivity index (χ3n) is 2.95. The maximum Gasteiger partial charge on any atom is 0.119 e. The molecule has 0 aromatic heterocycles. The monoisotopic (exact) mass is 222 g/mol. The fraction of sp³-hybridized carbons (Fsp3) is 0.538. The summed E-state index contributed by atoms with van der Waals surface area (Å²) in [7, 11) is 0. The maximum atomic E-state index is 10.2. The van der Waals surface area contributed by atoms with Crippen molar-refractivity contribution >= 4 is 0 Å². The highest BCUT2D eigenvalue weighted by Crippen LogP contribution is 2.22. The molecule has 1 N–H and O–H groups in total. The Kier molecular flexibility index (Phi) is 3.46. The topological polar surface area (TPSA) is 38.7 Å². The number of rotatable bonds is 3. The van der Waals surface area contributed by atoms with Crippen LogP contribution in [0.3, 0.4) is 0 Å². The van der Waals surface area contributed by atoms with Gasteiger partial charge in [-0.2, -0.15) is 0 Å². The van der Waals surface area contributed by atoms with Gasteiger partial charge in [-0.15, -0.1) is 0 Å². The Hall–Kier alpha value is -1.06. The first-order valence-electron chi connectivity index (χ1n) is 5.68. The van der Waals surface area contributed by atoms with Crippen LogP contribution in [0.5, 0.6) is 5.75 Å². The molecule has 0 radical (unpaired) electrons. The summed E-state index contributed by atoms with van der Waals surface area (Å²) in [6, 6.07) is 7.86. The molecule has 1 saturated heterocycles. The van der Waals surface area contributed by atoms with Gasteiger partial charge in [-0.3, -0.25) is 0 Å². The van der Waals surface area contributed by atoms with Crippen molar-refractivity contribution in [1.29, 1.82) is 0 Å². The molecule has 1 aliphatic rings. The molecule has 3 heteroatoms. The Balaban J connectivity index is 1.88. The molecular weight excluding hydrogens is 204 g/mol. The first-order chi connectivity index (χ1) is 7.68. The van der Waals surface area contributed by atoms with Crippen LogP contribution in [0.4, 0.5) is 0 Å². The molecule has 88 valence electrons. The van der Waals surface area contributed by atoms with Gasteiger partial charge >= 0.3 is 0 Å². The minimum absolute atomic E-state index is 0.347. The zero-order valence-electron chi connectivity index (χ0n) is 9.61. The minimum Gasteiger partial charge on any atom is -0.491 e. The molecule has 3 nitrogen and oxygen atoms in total. The van der Waals surface area contributed by atoms with Gasteiger partial charge in [0.1, 0.15) is 18.0 Å². The van der Waals surface area contributed by atoms with E-state index in [2.05, 4.69) is 0 Å². The standard InChI is InChI=1S/C13H18O3/c1-11-2-4-12(5-3-11)16-10-13(14)6-8-15-9-7-13/h2-5,14H,6-10H2,1H3. The van der Waals surface area contributed by atoms with E-state index in [0.29, 0.717) is 32.7 Å². The second-order valence-corrected chi connectivity index (χ2v) is 4.44. The maximum absolute atomic E-state index is 10.2. The van der Waals surface area contributed by atoms with E-state index in [1.165, 1.54) is 5.56 Å². The van der Waals surface area contributed by atoms with Crippen molar-refractivity contribution in [2.24, 2.45) is 0 Å². The molecule has 0 spiro atoms. The smallest absolute Gasteiger partial charge is 0.119 e. The van der Waals surface area contributed by atoms with Crippen molar-refractivity contribution in [3.8, 4) is 5.75 Å². The third kappa shape index (κ3) is 2.97. The predicted octanol–water partition coefficient (Wildman–Crippen LogP) is 1.92. The number of aryl methyl sites for hydroxylation is 1. The fourth-order valence-corrected chi connectivity index (χ4v) is 1.75. The van der Waals surface area contributed by atoms with Gasteiger partial charge in [0, 0.05) is 26.1 Å². The van der Waals surface area contributed by atoms with Crippen LogP contribution in [0.15, 0.2) is 24.3 Å². The molecule has 0 unspecified atom stereocenters. The van der Waals surface area contributed by atoms with Crippen molar-refractivity contribution in [2.45, 2.75) is 25.4 Å². The average Bonchev–Trinajstić information content (AvgIpc) is 2.29. The lowest BCUT2D eigenvalue weighted by molar-refractivity contribution is -0.0855. The predicted molar refractivity (Wildman–Crippen MR) is 61.7 cm³/mol. The molecule has 1 heterocycles. The summed E-state index contributed by atoms with van der Waals surface area (Å²) >= 11 is 0. The first kappa shape index (κ1) is 11.4. The van der Waals surface area contributed by atoms with Gasteiger partial charge in [0.05, 0.1) is 0 Å². The molecule has 2 rings (SSSR count). The average molecular weight is 222 g/mol. The van der Waals surface area contributed by atoms with Crippen LogP contribution in [-0.2, 0) is 4.74 Å². The third-order valence-corrected chi connectivity index (χ3v) is 2.95. The lowest BCUT2D eigenvalue weighted by Crippen LogP contribution is -2.41. The number of hydrogen-bond donors (Lipinski definition) is 1. The van der Waals surface area contributed by atoms with Crippen LogP contribution in [0.25, 0.3) is 0 Å². The molecule has 0 atom stereocenters. The molecule has 1 fully saturated rings. The summed E-state index contributed by atoms with van der Waals surface area (Å²) in [4.78, 5) is 0. The van der Waals surface area contributed by atoms with E-state index in [1.54, 1.807) is 0 Å². The molecule has 0 saturated carbocycles. The van der Waals surface area contributed by atoms with Gasteiger partial charge in [-0.05, 0) is 19.1 Å². The van der Waals surface area contributed by atoms with Crippen LogP contribution in [-0.4, -0.2) is 30.5 Å². The Morgan fingerprint density at radius 2 is 1.88 bits per heavy atom. The summed E-state index contributed by atoms with van der Waals surface area (Å²) in [6.07, 6.45) is 1.30. The molecule has 1 aromatic carbocycles. The van der Waals surface area contributed by atoms with E-state index in [0.717, 1.165) is 5.75 Å². The molecule has 16 heavy (non-hydrogen) atoms. The molecule has 0 bridgehead atoms. The number of ether oxygens (including phenoxy) is 2. The van der Waals surface area contributed by atoms with Crippen molar-refractivity contribution < 1.29 is 14.6 Å². The Bertz CT molecular complexity index is 326. The Morgan fingerprint density at radius 3 is 2.50 bits per heavy atom. The Morgan fingerprint density at radius 1 is 1.25 bits per heavy atom. The normalized spacial score (nSPS) is 19.4. The van der Waals surface area contributed by atoms with Gasteiger partial charge in [0.25, 0.3) is 0 Å². The molecule has 1 aromatic rings. The zero-order valence-corrected chi connectivity index (χ0v) is 9.61. The second kappa shape index (κ2) is 4.85. The summed E-state index contributed by atoms with van der Waals surface area (Å²) in [5.74, 6) is 0.811. The van der Waals surface area contributed by atoms with Gasteiger partial charge in [-0.1, -0.05) is 17.7 Å². The van der Waals surface area contributed by atoms with E-state index >= 15 is 0 Å². The SMILES string of the molecule is Cc1ccc(OCC2(O)CCOCC2)cc1. The summed E-state index contributed by atoms with van der Waals surface area (Å²) in [5, 5.41) is 10.2. The highest BCUT2D eigenvalue weighted by molar-refractivity contribution is 5.26. The lowest BCUT2D eigenvalue weighted by atomic mass is 9.96. The van der Waals surface area contributed by atoms with E-state index in [1.807, 2.05) is 31.2 Å². The summed E-state index contributed by atoms with van der Waals surface area (Å²) < 4.78 is 10.8. The van der Waals surface area contributed by atoms with E-state index in [9.17, 15) is 5.11 Å². The largest absolute Gasteiger partial charge is 0.491 e. The van der Waals surface area contributed by atoms with Crippen LogP contribution >= 0.6 is 0 Å². The van der Waals surface area contributed by atoms with Crippen molar-refractivity contribution in [3.05, 3.63) is 29.8 Å². The molecule has 1 aliphatic heterocycles. The highest BCUT2D eigenvalue weighted by Gasteiger charge is 2.30. The molecular formula is C13H18O3. The number of aliphatic hydroxyl groups is 1. The van der Waals surface area contributed by atoms with Crippen LogP contribution < -0.4 is 4.74 Å². The molecule has 0 amide bonds. The van der Waals surface area contributed by atoms with Gasteiger partial charge in [-0.25, -0.2) is 0 Å². The van der Waals surface area contributed by atoms with Crippen LogP contribution in [0.2, 0.25) is 0 Å². The van der Waals surface area contributed by atoms with Crippen molar-refractivity contribution in [2.75, 3.05) is 19.8 Å². The quantitative estimate of drug-likeness (QED) is 0.849. The van der Waals surface area contributed by atoms with Crippen molar-refractivity contribution in [3.63, 3.8) is 0 Å². The van der Waals surface area contributed by atoms with E-state index in [-0.39, 0.29) is 0 Å². The van der Waals surface area contributed by atoms with Gasteiger partial charge in [0.2, 0.25) is 0 Å².